The lowest BCUT2D eigenvalue weighted by Crippen LogP contribution is -2.01. The molecule has 0 spiro atoms. The Morgan fingerprint density at radius 1 is 0.950 bits per heavy atom. The van der Waals surface area contributed by atoms with Crippen LogP contribution in [-0.2, 0) is 12.8 Å². The number of imidazole rings is 1. The van der Waals surface area contributed by atoms with E-state index in [1.807, 2.05) is 24.3 Å². The quantitative estimate of drug-likeness (QED) is 0.658. The Morgan fingerprint density at radius 3 is 2.40 bits per heavy atom. The van der Waals surface area contributed by atoms with E-state index in [4.69, 9.17) is 10.7 Å². The number of hydrogen-bond acceptors (Lipinski definition) is 2. The van der Waals surface area contributed by atoms with E-state index in [1.54, 1.807) is 0 Å². The number of rotatable bonds is 1. The zero-order valence-electron chi connectivity index (χ0n) is 11.3. The lowest BCUT2D eigenvalue weighted by atomic mass is 9.91. The Kier molecular flexibility index (Phi) is 2.52. The van der Waals surface area contributed by atoms with E-state index >= 15 is 0 Å². The molecule has 0 aliphatic heterocycles. The van der Waals surface area contributed by atoms with Crippen molar-refractivity contribution >= 4 is 16.7 Å². The first-order chi connectivity index (χ1) is 9.79. The minimum Gasteiger partial charge on any atom is -0.399 e. The van der Waals surface area contributed by atoms with Crippen molar-refractivity contribution in [2.24, 2.45) is 0 Å². The van der Waals surface area contributed by atoms with Gasteiger partial charge in [-0.05, 0) is 73.2 Å². The van der Waals surface area contributed by atoms with E-state index < -0.39 is 0 Å². The molecule has 0 saturated heterocycles. The summed E-state index contributed by atoms with van der Waals surface area (Å²) in [5, 5.41) is 0. The first kappa shape index (κ1) is 11.5. The van der Waals surface area contributed by atoms with Crippen LogP contribution in [0.4, 0.5) is 5.69 Å². The number of hydrogen-bond donors (Lipinski definition) is 2. The Labute approximate surface area is 117 Å². The molecular weight excluding hydrogens is 246 g/mol. The third-order valence-electron chi connectivity index (χ3n) is 4.13. The van der Waals surface area contributed by atoms with Crippen molar-refractivity contribution in [1.29, 1.82) is 0 Å². The Hall–Kier alpha value is -2.29. The van der Waals surface area contributed by atoms with Crippen LogP contribution in [-0.4, -0.2) is 9.97 Å². The summed E-state index contributed by atoms with van der Waals surface area (Å²) in [4.78, 5) is 8.15. The van der Waals surface area contributed by atoms with Crippen LogP contribution in [0.15, 0.2) is 36.4 Å². The molecule has 100 valence electrons. The summed E-state index contributed by atoms with van der Waals surface area (Å²) >= 11 is 0. The van der Waals surface area contributed by atoms with Crippen LogP contribution >= 0.6 is 0 Å². The van der Waals surface area contributed by atoms with Gasteiger partial charge in [0, 0.05) is 11.3 Å². The van der Waals surface area contributed by atoms with Crippen molar-refractivity contribution in [1.82, 2.24) is 9.97 Å². The van der Waals surface area contributed by atoms with Gasteiger partial charge in [-0.1, -0.05) is 0 Å². The molecule has 0 saturated carbocycles. The van der Waals surface area contributed by atoms with Crippen molar-refractivity contribution in [2.75, 3.05) is 5.73 Å². The van der Waals surface area contributed by atoms with E-state index in [9.17, 15) is 0 Å². The second-order valence-electron chi connectivity index (χ2n) is 5.55. The second-order valence-corrected chi connectivity index (χ2v) is 5.55. The molecule has 1 heterocycles. The maximum Gasteiger partial charge on any atom is 0.138 e. The van der Waals surface area contributed by atoms with Crippen LogP contribution in [0.2, 0.25) is 0 Å². The maximum absolute atomic E-state index is 5.73. The number of aromatic amines is 1. The Bertz CT molecular complexity index is 726. The van der Waals surface area contributed by atoms with E-state index in [0.29, 0.717) is 0 Å². The van der Waals surface area contributed by atoms with Crippen molar-refractivity contribution < 1.29 is 0 Å². The summed E-state index contributed by atoms with van der Waals surface area (Å²) in [5.74, 6) is 0.919. The lowest BCUT2D eigenvalue weighted by molar-refractivity contribution is 0.687. The summed E-state index contributed by atoms with van der Waals surface area (Å²) < 4.78 is 0. The summed E-state index contributed by atoms with van der Waals surface area (Å²) in [6.45, 7) is 0. The van der Waals surface area contributed by atoms with E-state index in [-0.39, 0.29) is 0 Å². The summed E-state index contributed by atoms with van der Waals surface area (Å²) in [5.41, 5.74) is 12.7. The number of H-pyrrole nitrogens is 1. The van der Waals surface area contributed by atoms with E-state index in [2.05, 4.69) is 17.1 Å². The molecule has 1 aliphatic rings. The predicted molar refractivity (Wildman–Crippen MR) is 82.6 cm³/mol. The van der Waals surface area contributed by atoms with Crippen LogP contribution in [0, 0.1) is 0 Å². The molecule has 0 fully saturated rings. The van der Waals surface area contributed by atoms with Gasteiger partial charge in [0.05, 0.1) is 11.0 Å². The summed E-state index contributed by atoms with van der Waals surface area (Å²) in [6.07, 6.45) is 4.99. The third-order valence-corrected chi connectivity index (χ3v) is 4.13. The monoisotopic (exact) mass is 263 g/mol. The number of aromatic nitrogens is 2. The van der Waals surface area contributed by atoms with E-state index in [1.165, 1.54) is 36.8 Å². The van der Waals surface area contributed by atoms with Crippen molar-refractivity contribution in [3.63, 3.8) is 0 Å². The van der Waals surface area contributed by atoms with Crippen LogP contribution in [0.25, 0.3) is 22.4 Å². The molecule has 3 heteroatoms. The van der Waals surface area contributed by atoms with Gasteiger partial charge in [0.15, 0.2) is 0 Å². The summed E-state index contributed by atoms with van der Waals surface area (Å²) in [7, 11) is 0. The molecule has 2 aromatic carbocycles. The highest BCUT2D eigenvalue weighted by atomic mass is 14.9. The molecule has 0 unspecified atom stereocenters. The molecule has 3 N–H and O–H groups in total. The van der Waals surface area contributed by atoms with Gasteiger partial charge in [-0.15, -0.1) is 0 Å². The lowest BCUT2D eigenvalue weighted by Gasteiger charge is -2.14. The van der Waals surface area contributed by atoms with Gasteiger partial charge >= 0.3 is 0 Å². The number of nitrogens with one attached hydrogen (secondary N) is 1. The number of nitrogen functional groups attached to an aromatic ring is 1. The van der Waals surface area contributed by atoms with Crippen LogP contribution in [0.5, 0.6) is 0 Å². The van der Waals surface area contributed by atoms with Crippen molar-refractivity contribution in [3.05, 3.63) is 47.5 Å². The number of anilines is 1. The molecule has 1 aliphatic carbocycles. The maximum atomic E-state index is 5.73. The third kappa shape index (κ3) is 1.86. The zero-order chi connectivity index (χ0) is 13.5. The van der Waals surface area contributed by atoms with Crippen LogP contribution < -0.4 is 5.73 Å². The minimum atomic E-state index is 0.778. The van der Waals surface area contributed by atoms with Gasteiger partial charge < -0.3 is 10.7 Å². The fourth-order valence-electron chi connectivity index (χ4n) is 3.02. The zero-order valence-corrected chi connectivity index (χ0v) is 11.3. The molecule has 0 amide bonds. The SMILES string of the molecule is Nc1ccc(-c2nc3cc4c(cc3[nH]2)CCCC4)cc1. The fourth-order valence-corrected chi connectivity index (χ4v) is 3.02. The summed E-state index contributed by atoms with van der Waals surface area (Å²) in [6, 6.07) is 12.4. The molecule has 4 rings (SSSR count). The van der Waals surface area contributed by atoms with E-state index in [0.717, 1.165) is 28.1 Å². The number of fused-ring (bicyclic) bond motifs is 2. The average Bonchev–Trinajstić information content (AvgIpc) is 2.88. The molecule has 3 aromatic rings. The largest absolute Gasteiger partial charge is 0.399 e. The van der Waals surface area contributed by atoms with Gasteiger partial charge in [0.2, 0.25) is 0 Å². The molecule has 1 aromatic heterocycles. The van der Waals surface area contributed by atoms with Gasteiger partial charge in [0.1, 0.15) is 5.82 Å². The Balaban J connectivity index is 1.84. The number of benzene rings is 2. The number of nitrogens with zero attached hydrogens (tertiary/aromatic N) is 1. The smallest absolute Gasteiger partial charge is 0.138 e. The highest BCUT2D eigenvalue weighted by Gasteiger charge is 2.13. The highest BCUT2D eigenvalue weighted by Crippen LogP contribution is 2.28. The van der Waals surface area contributed by atoms with Crippen molar-refractivity contribution in [3.8, 4) is 11.4 Å². The van der Waals surface area contributed by atoms with Gasteiger partial charge in [-0.2, -0.15) is 0 Å². The normalized spacial score (nSPS) is 14.4. The molecular formula is C17H17N3. The molecule has 20 heavy (non-hydrogen) atoms. The topological polar surface area (TPSA) is 54.7 Å². The molecule has 0 atom stereocenters. The average molecular weight is 263 g/mol. The molecule has 0 bridgehead atoms. The van der Waals surface area contributed by atoms with Gasteiger partial charge in [-0.3, -0.25) is 0 Å². The molecule has 3 nitrogen and oxygen atoms in total. The van der Waals surface area contributed by atoms with Crippen LogP contribution in [0.1, 0.15) is 24.0 Å². The fraction of sp³-hybridized carbons (Fsp3) is 0.235. The van der Waals surface area contributed by atoms with Crippen molar-refractivity contribution in [2.45, 2.75) is 25.7 Å². The van der Waals surface area contributed by atoms with Gasteiger partial charge in [0.25, 0.3) is 0 Å². The predicted octanol–water partition coefficient (Wildman–Crippen LogP) is 3.69. The minimum absolute atomic E-state index is 0.778. The number of aryl methyl sites for hydroxylation is 2. The highest BCUT2D eigenvalue weighted by molar-refractivity contribution is 5.81. The van der Waals surface area contributed by atoms with Crippen LogP contribution in [0.3, 0.4) is 0 Å². The molecule has 0 radical (unpaired) electrons. The first-order valence-corrected chi connectivity index (χ1v) is 7.17. The number of nitrogens with two attached hydrogens (primary N) is 1. The van der Waals surface area contributed by atoms with Gasteiger partial charge in [-0.25, -0.2) is 4.98 Å². The standard InChI is InChI=1S/C17H17N3/c18-14-7-5-11(6-8-14)17-19-15-9-12-3-1-2-4-13(12)10-16(15)20-17/h5-10H,1-4,18H2,(H,19,20). The first-order valence-electron chi connectivity index (χ1n) is 7.17. The Morgan fingerprint density at radius 2 is 1.65 bits per heavy atom. The second kappa shape index (κ2) is 4.37.